The third-order valence-corrected chi connectivity index (χ3v) is 3.33. The first-order valence-corrected chi connectivity index (χ1v) is 5.67. The molecule has 2 aromatic rings. The van der Waals surface area contributed by atoms with E-state index < -0.39 is 0 Å². The van der Waals surface area contributed by atoms with Crippen LogP contribution in [0.1, 0.15) is 15.9 Å². The third-order valence-electron chi connectivity index (χ3n) is 2.47. The van der Waals surface area contributed by atoms with Gasteiger partial charge in [0.25, 0.3) is 0 Å². The summed E-state index contributed by atoms with van der Waals surface area (Å²) in [4.78, 5) is 14.7. The number of hydrogen-bond donors (Lipinski definition) is 0. The largest absolute Gasteiger partial charge is 0.298 e. The van der Waals surface area contributed by atoms with Crippen molar-refractivity contribution in [2.45, 2.75) is 6.92 Å². The summed E-state index contributed by atoms with van der Waals surface area (Å²) in [5, 5.41) is 0. The Morgan fingerprint density at radius 3 is 2.88 bits per heavy atom. The smallest absolute Gasteiger partial charge is 0.151 e. The number of rotatable bonds is 2. The molecule has 0 atom stereocenters. The molecular formula is C13H10BrNO. The summed E-state index contributed by atoms with van der Waals surface area (Å²) in [6, 6.07) is 7.83. The van der Waals surface area contributed by atoms with Gasteiger partial charge in [0.15, 0.2) is 6.29 Å². The molecule has 0 radical (unpaired) electrons. The van der Waals surface area contributed by atoms with Crippen LogP contribution in [0.15, 0.2) is 41.1 Å². The number of carbonyl (C=O) groups excluding carboxylic acids is 1. The van der Waals surface area contributed by atoms with Gasteiger partial charge in [-0.3, -0.25) is 9.78 Å². The van der Waals surface area contributed by atoms with Gasteiger partial charge >= 0.3 is 0 Å². The summed E-state index contributed by atoms with van der Waals surface area (Å²) >= 11 is 3.49. The topological polar surface area (TPSA) is 30.0 Å². The molecule has 16 heavy (non-hydrogen) atoms. The minimum atomic E-state index is 0.594. The first-order valence-electron chi connectivity index (χ1n) is 4.88. The number of aromatic nitrogens is 1. The zero-order valence-corrected chi connectivity index (χ0v) is 10.4. The molecule has 0 bridgehead atoms. The molecule has 0 fully saturated rings. The van der Waals surface area contributed by atoms with Gasteiger partial charge in [0.1, 0.15) is 0 Å². The number of carbonyl (C=O) groups is 1. The highest BCUT2D eigenvalue weighted by Gasteiger charge is 2.05. The molecule has 80 valence electrons. The Hall–Kier alpha value is -1.48. The summed E-state index contributed by atoms with van der Waals surface area (Å²) in [5.74, 6) is 0. The predicted molar refractivity (Wildman–Crippen MR) is 67.5 cm³/mol. The Morgan fingerprint density at radius 1 is 1.31 bits per heavy atom. The molecule has 0 amide bonds. The minimum absolute atomic E-state index is 0.594. The molecular weight excluding hydrogens is 266 g/mol. The van der Waals surface area contributed by atoms with Crippen LogP contribution in [0.5, 0.6) is 0 Å². The van der Waals surface area contributed by atoms with Crippen LogP contribution in [0.2, 0.25) is 0 Å². The first kappa shape index (κ1) is 11.0. The van der Waals surface area contributed by atoms with Crippen LogP contribution in [-0.2, 0) is 0 Å². The third kappa shape index (κ3) is 2.04. The monoisotopic (exact) mass is 275 g/mol. The van der Waals surface area contributed by atoms with E-state index in [1.165, 1.54) is 0 Å². The number of nitrogens with zero attached hydrogens (tertiary/aromatic N) is 1. The van der Waals surface area contributed by atoms with Crippen LogP contribution in [0.4, 0.5) is 0 Å². The van der Waals surface area contributed by atoms with Gasteiger partial charge in [-0.1, -0.05) is 28.1 Å². The fourth-order valence-corrected chi connectivity index (χ4v) is 1.96. The van der Waals surface area contributed by atoms with E-state index in [0.29, 0.717) is 5.56 Å². The van der Waals surface area contributed by atoms with E-state index >= 15 is 0 Å². The number of pyridine rings is 1. The van der Waals surface area contributed by atoms with Gasteiger partial charge < -0.3 is 0 Å². The molecule has 0 aliphatic heterocycles. The molecule has 0 spiro atoms. The Bertz CT molecular complexity index is 537. The van der Waals surface area contributed by atoms with Crippen molar-refractivity contribution in [3.63, 3.8) is 0 Å². The lowest BCUT2D eigenvalue weighted by Gasteiger charge is -2.07. The summed E-state index contributed by atoms with van der Waals surface area (Å²) in [5.41, 5.74) is 3.79. The maximum Gasteiger partial charge on any atom is 0.151 e. The molecule has 2 nitrogen and oxygen atoms in total. The Morgan fingerprint density at radius 2 is 2.12 bits per heavy atom. The van der Waals surface area contributed by atoms with Crippen LogP contribution in [0.3, 0.4) is 0 Å². The number of halogens is 1. The number of benzene rings is 1. The minimum Gasteiger partial charge on any atom is -0.298 e. The maximum atomic E-state index is 10.7. The van der Waals surface area contributed by atoms with E-state index in [0.717, 1.165) is 27.4 Å². The van der Waals surface area contributed by atoms with Crippen molar-refractivity contribution in [1.82, 2.24) is 4.98 Å². The SMILES string of the molecule is Cc1c(Br)cccc1-c1cncc(C=O)c1. The van der Waals surface area contributed by atoms with E-state index in [4.69, 9.17) is 0 Å². The lowest BCUT2D eigenvalue weighted by molar-refractivity contribution is 0.112. The van der Waals surface area contributed by atoms with Crippen LogP contribution in [0.25, 0.3) is 11.1 Å². The second kappa shape index (κ2) is 4.58. The Labute approximate surface area is 102 Å². The summed E-state index contributed by atoms with van der Waals surface area (Å²) in [6.45, 7) is 2.03. The summed E-state index contributed by atoms with van der Waals surface area (Å²) in [7, 11) is 0. The van der Waals surface area contributed by atoms with Gasteiger partial charge in [-0.05, 0) is 30.2 Å². The fraction of sp³-hybridized carbons (Fsp3) is 0.0769. The van der Waals surface area contributed by atoms with Gasteiger partial charge in [-0.2, -0.15) is 0 Å². The zero-order chi connectivity index (χ0) is 11.5. The second-order valence-corrected chi connectivity index (χ2v) is 4.39. The van der Waals surface area contributed by atoms with E-state index in [9.17, 15) is 4.79 Å². The molecule has 3 heteroatoms. The normalized spacial score (nSPS) is 10.1. The lowest BCUT2D eigenvalue weighted by Crippen LogP contribution is -1.88. The van der Waals surface area contributed by atoms with E-state index in [1.807, 2.05) is 31.2 Å². The van der Waals surface area contributed by atoms with Crippen LogP contribution in [-0.4, -0.2) is 11.3 Å². The van der Waals surface area contributed by atoms with Crippen molar-refractivity contribution < 1.29 is 4.79 Å². The lowest BCUT2D eigenvalue weighted by atomic mass is 10.0. The predicted octanol–water partition coefficient (Wildman–Crippen LogP) is 3.63. The van der Waals surface area contributed by atoms with Crippen molar-refractivity contribution in [3.8, 4) is 11.1 Å². The molecule has 0 saturated heterocycles. The van der Waals surface area contributed by atoms with E-state index in [-0.39, 0.29) is 0 Å². The van der Waals surface area contributed by atoms with Crippen LogP contribution < -0.4 is 0 Å². The van der Waals surface area contributed by atoms with Crippen molar-refractivity contribution >= 4 is 22.2 Å². The highest BCUT2D eigenvalue weighted by Crippen LogP contribution is 2.28. The van der Waals surface area contributed by atoms with Crippen molar-refractivity contribution in [1.29, 1.82) is 0 Å². The van der Waals surface area contributed by atoms with E-state index in [1.54, 1.807) is 12.4 Å². The standard InChI is InChI=1S/C13H10BrNO/c1-9-12(3-2-4-13(9)14)11-5-10(8-16)6-15-7-11/h2-8H,1H3. The van der Waals surface area contributed by atoms with Gasteiger partial charge in [0.2, 0.25) is 0 Å². The molecule has 0 saturated carbocycles. The Balaban J connectivity index is 2.58. The van der Waals surface area contributed by atoms with Crippen molar-refractivity contribution in [2.75, 3.05) is 0 Å². The molecule has 0 N–H and O–H groups in total. The molecule has 0 aliphatic rings. The van der Waals surface area contributed by atoms with Gasteiger partial charge in [0, 0.05) is 28.0 Å². The van der Waals surface area contributed by atoms with Crippen LogP contribution >= 0.6 is 15.9 Å². The van der Waals surface area contributed by atoms with Crippen LogP contribution in [0, 0.1) is 6.92 Å². The summed E-state index contributed by atoms with van der Waals surface area (Å²) < 4.78 is 1.06. The second-order valence-electron chi connectivity index (χ2n) is 3.54. The maximum absolute atomic E-state index is 10.7. The fourth-order valence-electron chi connectivity index (χ4n) is 1.59. The highest BCUT2D eigenvalue weighted by molar-refractivity contribution is 9.10. The average molecular weight is 276 g/mol. The van der Waals surface area contributed by atoms with Crippen molar-refractivity contribution in [3.05, 3.63) is 52.3 Å². The molecule has 1 aromatic heterocycles. The Kier molecular flexibility index (Phi) is 3.15. The zero-order valence-electron chi connectivity index (χ0n) is 8.77. The summed E-state index contributed by atoms with van der Waals surface area (Å²) in [6.07, 6.45) is 4.13. The highest BCUT2D eigenvalue weighted by atomic mass is 79.9. The van der Waals surface area contributed by atoms with Crippen molar-refractivity contribution in [2.24, 2.45) is 0 Å². The van der Waals surface area contributed by atoms with Gasteiger partial charge in [0.05, 0.1) is 0 Å². The first-order chi connectivity index (χ1) is 7.72. The molecule has 2 rings (SSSR count). The molecule has 1 heterocycles. The number of aldehydes is 1. The van der Waals surface area contributed by atoms with Gasteiger partial charge in [-0.25, -0.2) is 0 Å². The number of hydrogen-bond acceptors (Lipinski definition) is 2. The molecule has 0 aliphatic carbocycles. The van der Waals surface area contributed by atoms with Gasteiger partial charge in [-0.15, -0.1) is 0 Å². The van der Waals surface area contributed by atoms with E-state index in [2.05, 4.69) is 20.9 Å². The molecule has 1 aromatic carbocycles. The average Bonchev–Trinajstić information content (AvgIpc) is 2.33. The molecule has 0 unspecified atom stereocenters. The quantitative estimate of drug-likeness (QED) is 0.784.